The van der Waals surface area contributed by atoms with Crippen LogP contribution < -0.4 is 0 Å². The van der Waals surface area contributed by atoms with E-state index in [1.807, 2.05) is 24.4 Å². The van der Waals surface area contributed by atoms with Gasteiger partial charge in [0.15, 0.2) is 0 Å². The van der Waals surface area contributed by atoms with Gasteiger partial charge in [-0.3, -0.25) is 4.98 Å². The van der Waals surface area contributed by atoms with Gasteiger partial charge in [-0.25, -0.2) is 4.98 Å². The van der Waals surface area contributed by atoms with E-state index in [1.165, 1.54) is 0 Å². The Kier molecular flexibility index (Phi) is 2.27. The van der Waals surface area contributed by atoms with Crippen molar-refractivity contribution in [1.82, 2.24) is 9.97 Å². The van der Waals surface area contributed by atoms with Gasteiger partial charge in [0.1, 0.15) is 0 Å². The minimum Gasteiger partial charge on any atom is -0.253 e. The first-order chi connectivity index (χ1) is 6.29. The Hall–Kier alpha value is -0.960. The molecule has 0 atom stereocenters. The first-order valence-corrected chi connectivity index (χ1v) is 5.00. The lowest BCUT2D eigenvalue weighted by atomic mass is 10.3. The van der Waals surface area contributed by atoms with E-state index in [0.29, 0.717) is 0 Å². The zero-order chi connectivity index (χ0) is 9.26. The monoisotopic (exact) mass is 236 g/mol. The topological polar surface area (TPSA) is 25.8 Å². The lowest BCUT2D eigenvalue weighted by Gasteiger charge is -1.99. The molecule has 1 heterocycles. The molecule has 0 bridgehead atoms. The van der Waals surface area contributed by atoms with Gasteiger partial charge in [0, 0.05) is 10.7 Å². The van der Waals surface area contributed by atoms with Gasteiger partial charge >= 0.3 is 0 Å². The maximum Gasteiger partial charge on any atom is 0.0898 e. The summed E-state index contributed by atoms with van der Waals surface area (Å²) in [5, 5.41) is 0. The second-order valence-electron chi connectivity index (χ2n) is 2.85. The maximum absolute atomic E-state index is 4.45. The molecule has 0 saturated carbocycles. The van der Waals surface area contributed by atoms with Crippen LogP contribution in [0.3, 0.4) is 0 Å². The summed E-state index contributed by atoms with van der Waals surface area (Å²) in [5.41, 5.74) is 2.93. The van der Waals surface area contributed by atoms with Crippen molar-refractivity contribution in [1.29, 1.82) is 0 Å². The summed E-state index contributed by atoms with van der Waals surface area (Å²) in [7, 11) is 0. The minimum absolute atomic E-state index is 0.930. The summed E-state index contributed by atoms with van der Waals surface area (Å²) in [6, 6.07) is 5.93. The molecule has 0 fully saturated rings. The van der Waals surface area contributed by atoms with Crippen LogP contribution in [0.5, 0.6) is 0 Å². The fourth-order valence-electron chi connectivity index (χ4n) is 1.19. The lowest BCUT2D eigenvalue weighted by Crippen LogP contribution is -1.90. The van der Waals surface area contributed by atoms with Crippen molar-refractivity contribution in [2.75, 3.05) is 0 Å². The molecule has 66 valence electrons. The highest BCUT2D eigenvalue weighted by atomic mass is 79.9. The number of hydrogen-bond acceptors (Lipinski definition) is 2. The van der Waals surface area contributed by atoms with Gasteiger partial charge < -0.3 is 0 Å². The zero-order valence-electron chi connectivity index (χ0n) is 7.29. The van der Waals surface area contributed by atoms with E-state index < -0.39 is 0 Å². The van der Waals surface area contributed by atoms with E-state index in [2.05, 4.69) is 32.8 Å². The van der Waals surface area contributed by atoms with Crippen LogP contribution in [0.4, 0.5) is 0 Å². The van der Waals surface area contributed by atoms with E-state index in [1.54, 1.807) is 0 Å². The van der Waals surface area contributed by atoms with Crippen LogP contribution in [0.2, 0.25) is 0 Å². The number of hydrogen-bond donors (Lipinski definition) is 0. The Morgan fingerprint density at radius 2 is 2.15 bits per heavy atom. The molecule has 3 heteroatoms. The van der Waals surface area contributed by atoms with Crippen LogP contribution in [-0.4, -0.2) is 9.97 Å². The van der Waals surface area contributed by atoms with Gasteiger partial charge in [-0.1, -0.05) is 22.9 Å². The molecule has 0 N–H and O–H groups in total. The van der Waals surface area contributed by atoms with Crippen molar-refractivity contribution in [2.45, 2.75) is 13.3 Å². The predicted molar refractivity (Wildman–Crippen MR) is 56.6 cm³/mol. The van der Waals surface area contributed by atoms with Gasteiger partial charge in [-0.05, 0) is 24.6 Å². The fourth-order valence-corrected chi connectivity index (χ4v) is 1.54. The summed E-state index contributed by atoms with van der Waals surface area (Å²) in [4.78, 5) is 8.77. The second kappa shape index (κ2) is 3.42. The molecule has 0 aliphatic heterocycles. The number of nitrogens with zero attached hydrogens (tertiary/aromatic N) is 2. The quantitative estimate of drug-likeness (QED) is 0.761. The summed E-state index contributed by atoms with van der Waals surface area (Å²) < 4.78 is 1.04. The average Bonchev–Trinajstić information content (AvgIpc) is 2.17. The second-order valence-corrected chi connectivity index (χ2v) is 3.76. The molecule has 0 aliphatic carbocycles. The van der Waals surface area contributed by atoms with Crippen LogP contribution in [0.25, 0.3) is 11.0 Å². The summed E-state index contributed by atoms with van der Waals surface area (Å²) in [5.74, 6) is 0. The Morgan fingerprint density at radius 1 is 1.31 bits per heavy atom. The first kappa shape index (κ1) is 8.63. The molecule has 0 amide bonds. The summed E-state index contributed by atoms with van der Waals surface area (Å²) in [6.45, 7) is 2.08. The first-order valence-electron chi connectivity index (χ1n) is 4.21. The minimum atomic E-state index is 0.930. The highest BCUT2D eigenvalue weighted by molar-refractivity contribution is 9.10. The number of aromatic nitrogens is 2. The lowest BCUT2D eigenvalue weighted by molar-refractivity contribution is 1.03. The number of rotatable bonds is 1. The SMILES string of the molecule is CCc1cnc2cc(Br)ccc2n1. The van der Waals surface area contributed by atoms with E-state index in [-0.39, 0.29) is 0 Å². The van der Waals surface area contributed by atoms with E-state index in [0.717, 1.165) is 27.6 Å². The Labute approximate surface area is 85.1 Å². The van der Waals surface area contributed by atoms with Gasteiger partial charge in [-0.15, -0.1) is 0 Å². The standard InChI is InChI=1S/C10H9BrN2/c1-2-8-6-12-10-5-7(11)3-4-9(10)13-8/h3-6H,2H2,1H3. The third-order valence-electron chi connectivity index (χ3n) is 1.92. The Morgan fingerprint density at radius 3 is 2.92 bits per heavy atom. The largest absolute Gasteiger partial charge is 0.253 e. The van der Waals surface area contributed by atoms with Crippen LogP contribution in [0, 0.1) is 0 Å². The van der Waals surface area contributed by atoms with Crippen LogP contribution in [0.1, 0.15) is 12.6 Å². The van der Waals surface area contributed by atoms with Crippen LogP contribution >= 0.6 is 15.9 Å². The molecule has 0 aliphatic rings. The summed E-state index contributed by atoms with van der Waals surface area (Å²) >= 11 is 3.40. The molecule has 0 unspecified atom stereocenters. The molecular formula is C10H9BrN2. The smallest absolute Gasteiger partial charge is 0.0898 e. The molecular weight excluding hydrogens is 228 g/mol. The predicted octanol–water partition coefficient (Wildman–Crippen LogP) is 2.95. The van der Waals surface area contributed by atoms with E-state index >= 15 is 0 Å². The Bertz CT molecular complexity index is 440. The highest BCUT2D eigenvalue weighted by Gasteiger charge is 1.98. The van der Waals surface area contributed by atoms with Crippen molar-refractivity contribution < 1.29 is 0 Å². The summed E-state index contributed by atoms with van der Waals surface area (Å²) in [6.07, 6.45) is 2.76. The van der Waals surface area contributed by atoms with Crippen LogP contribution in [0.15, 0.2) is 28.9 Å². The van der Waals surface area contributed by atoms with E-state index in [9.17, 15) is 0 Å². The third kappa shape index (κ3) is 1.70. The molecule has 0 spiro atoms. The number of aryl methyl sites for hydroxylation is 1. The van der Waals surface area contributed by atoms with Gasteiger partial charge in [0.05, 0.1) is 16.7 Å². The van der Waals surface area contributed by atoms with Gasteiger partial charge in [-0.2, -0.15) is 0 Å². The maximum atomic E-state index is 4.45. The van der Waals surface area contributed by atoms with Gasteiger partial charge in [0.25, 0.3) is 0 Å². The fraction of sp³-hybridized carbons (Fsp3) is 0.200. The molecule has 0 radical (unpaired) electrons. The van der Waals surface area contributed by atoms with Crippen molar-refractivity contribution >= 4 is 27.0 Å². The average molecular weight is 237 g/mol. The number of benzene rings is 1. The van der Waals surface area contributed by atoms with Crippen molar-refractivity contribution in [3.05, 3.63) is 34.6 Å². The van der Waals surface area contributed by atoms with Gasteiger partial charge in [0.2, 0.25) is 0 Å². The molecule has 2 rings (SSSR count). The highest BCUT2D eigenvalue weighted by Crippen LogP contribution is 2.16. The number of fused-ring (bicyclic) bond motifs is 1. The molecule has 13 heavy (non-hydrogen) atoms. The van der Waals surface area contributed by atoms with Crippen molar-refractivity contribution in [2.24, 2.45) is 0 Å². The molecule has 1 aromatic heterocycles. The molecule has 1 aromatic carbocycles. The zero-order valence-corrected chi connectivity index (χ0v) is 8.87. The van der Waals surface area contributed by atoms with Crippen molar-refractivity contribution in [3.8, 4) is 0 Å². The normalized spacial score (nSPS) is 10.6. The Balaban J connectivity index is 2.66. The van der Waals surface area contributed by atoms with Crippen molar-refractivity contribution in [3.63, 3.8) is 0 Å². The molecule has 2 nitrogen and oxygen atoms in total. The van der Waals surface area contributed by atoms with Crippen LogP contribution in [-0.2, 0) is 6.42 Å². The van der Waals surface area contributed by atoms with E-state index in [4.69, 9.17) is 0 Å². The molecule has 2 aromatic rings. The third-order valence-corrected chi connectivity index (χ3v) is 2.41. The molecule has 0 saturated heterocycles. The number of halogens is 1.